The molecule has 1 aliphatic rings. The van der Waals surface area contributed by atoms with E-state index in [4.69, 9.17) is 4.98 Å². The minimum Gasteiger partial charge on any atom is -0.358 e. The summed E-state index contributed by atoms with van der Waals surface area (Å²) in [5, 5.41) is 5.51. The van der Waals surface area contributed by atoms with Crippen LogP contribution >= 0.6 is 23.1 Å². The molecule has 3 rings (SSSR count). The summed E-state index contributed by atoms with van der Waals surface area (Å²) in [4.78, 5) is 4.71. The van der Waals surface area contributed by atoms with E-state index in [9.17, 15) is 0 Å². The second-order valence-corrected chi connectivity index (χ2v) is 7.41. The molecule has 1 aliphatic carbocycles. The number of anilines is 1. The highest BCUT2D eigenvalue weighted by Crippen LogP contribution is 2.32. The molecule has 1 fully saturated rings. The Morgan fingerprint density at radius 2 is 2.16 bits per heavy atom. The molecule has 2 atom stereocenters. The van der Waals surface area contributed by atoms with Crippen LogP contribution in [-0.2, 0) is 0 Å². The van der Waals surface area contributed by atoms with Crippen molar-refractivity contribution in [3.05, 3.63) is 23.8 Å². The summed E-state index contributed by atoms with van der Waals surface area (Å²) in [6.45, 7) is 2.14. The topological polar surface area (TPSA) is 24.9 Å². The lowest BCUT2D eigenvalue weighted by atomic mass is 9.95. The third kappa shape index (κ3) is 2.90. The highest BCUT2D eigenvalue weighted by atomic mass is 32.2. The SMILES string of the molecule is CSC1CCCCC1Nc1nc2ccc(C)cc2s1. The fraction of sp³-hybridized carbons (Fsp3) is 0.533. The quantitative estimate of drug-likeness (QED) is 0.888. The van der Waals surface area contributed by atoms with Crippen molar-refractivity contribution in [2.45, 2.75) is 43.9 Å². The fourth-order valence-corrected chi connectivity index (χ4v) is 4.76. The Hall–Kier alpha value is -0.740. The van der Waals surface area contributed by atoms with Gasteiger partial charge in [0.1, 0.15) is 0 Å². The highest BCUT2D eigenvalue weighted by Gasteiger charge is 2.24. The van der Waals surface area contributed by atoms with Crippen molar-refractivity contribution < 1.29 is 0 Å². The van der Waals surface area contributed by atoms with E-state index in [1.807, 2.05) is 11.8 Å². The maximum Gasteiger partial charge on any atom is 0.184 e. The molecule has 1 N–H and O–H groups in total. The second-order valence-electron chi connectivity index (χ2n) is 5.30. The Balaban J connectivity index is 1.80. The monoisotopic (exact) mass is 292 g/mol. The van der Waals surface area contributed by atoms with Crippen LogP contribution in [0.15, 0.2) is 18.2 Å². The predicted molar refractivity (Wildman–Crippen MR) is 87.5 cm³/mol. The summed E-state index contributed by atoms with van der Waals surface area (Å²) in [7, 11) is 0. The first kappa shape index (κ1) is 13.3. The van der Waals surface area contributed by atoms with E-state index >= 15 is 0 Å². The minimum atomic E-state index is 0.588. The van der Waals surface area contributed by atoms with Gasteiger partial charge < -0.3 is 5.32 Å². The molecule has 2 nitrogen and oxygen atoms in total. The number of rotatable bonds is 3. The number of nitrogens with zero attached hydrogens (tertiary/aromatic N) is 1. The first-order valence-corrected chi connectivity index (χ1v) is 9.03. The molecule has 19 heavy (non-hydrogen) atoms. The van der Waals surface area contributed by atoms with Crippen LogP contribution in [0.2, 0.25) is 0 Å². The van der Waals surface area contributed by atoms with E-state index in [-0.39, 0.29) is 0 Å². The number of hydrogen-bond acceptors (Lipinski definition) is 4. The fourth-order valence-electron chi connectivity index (χ4n) is 2.80. The minimum absolute atomic E-state index is 0.588. The van der Waals surface area contributed by atoms with Crippen molar-refractivity contribution in [3.63, 3.8) is 0 Å². The van der Waals surface area contributed by atoms with Crippen LogP contribution in [0.4, 0.5) is 5.13 Å². The Labute approximate surface area is 123 Å². The summed E-state index contributed by atoms with van der Waals surface area (Å²) in [5.74, 6) is 0. The zero-order valence-corrected chi connectivity index (χ0v) is 13.1. The first-order valence-electron chi connectivity index (χ1n) is 6.93. The van der Waals surface area contributed by atoms with Crippen LogP contribution in [0, 0.1) is 6.92 Å². The van der Waals surface area contributed by atoms with Crippen molar-refractivity contribution in [2.75, 3.05) is 11.6 Å². The summed E-state index contributed by atoms with van der Waals surface area (Å²) >= 11 is 3.78. The lowest BCUT2D eigenvalue weighted by Gasteiger charge is -2.30. The largest absolute Gasteiger partial charge is 0.358 e. The second kappa shape index (κ2) is 5.71. The summed E-state index contributed by atoms with van der Waals surface area (Å²) in [6, 6.07) is 7.08. The molecule has 0 bridgehead atoms. The Kier molecular flexibility index (Phi) is 3.99. The van der Waals surface area contributed by atoms with E-state index < -0.39 is 0 Å². The Morgan fingerprint density at radius 1 is 1.32 bits per heavy atom. The highest BCUT2D eigenvalue weighted by molar-refractivity contribution is 7.99. The van der Waals surface area contributed by atoms with Gasteiger partial charge >= 0.3 is 0 Å². The number of thioether (sulfide) groups is 1. The van der Waals surface area contributed by atoms with Crippen molar-refractivity contribution in [3.8, 4) is 0 Å². The van der Waals surface area contributed by atoms with Gasteiger partial charge in [0, 0.05) is 11.3 Å². The molecule has 0 amide bonds. The molecule has 102 valence electrons. The molecule has 1 heterocycles. The average Bonchev–Trinajstić information content (AvgIpc) is 2.80. The summed E-state index contributed by atoms with van der Waals surface area (Å²) in [5.41, 5.74) is 2.43. The lowest BCUT2D eigenvalue weighted by molar-refractivity contribution is 0.475. The van der Waals surface area contributed by atoms with Crippen LogP contribution in [0.25, 0.3) is 10.2 Å². The first-order chi connectivity index (χ1) is 9.26. The molecule has 4 heteroatoms. The maximum absolute atomic E-state index is 4.71. The van der Waals surface area contributed by atoms with Gasteiger partial charge in [0.2, 0.25) is 0 Å². The van der Waals surface area contributed by atoms with Gasteiger partial charge in [0.15, 0.2) is 5.13 Å². The van der Waals surface area contributed by atoms with Gasteiger partial charge in [-0.3, -0.25) is 0 Å². The molecule has 0 spiro atoms. The van der Waals surface area contributed by atoms with Crippen molar-refractivity contribution in [2.24, 2.45) is 0 Å². The summed E-state index contributed by atoms with van der Waals surface area (Å²) in [6.07, 6.45) is 7.57. The number of aromatic nitrogens is 1. The normalized spacial score (nSPS) is 23.7. The molecule has 2 aromatic rings. The smallest absolute Gasteiger partial charge is 0.184 e. The molecule has 1 saturated carbocycles. The van der Waals surface area contributed by atoms with Crippen LogP contribution in [0.1, 0.15) is 31.2 Å². The zero-order chi connectivity index (χ0) is 13.2. The van der Waals surface area contributed by atoms with E-state index in [1.54, 1.807) is 11.3 Å². The molecular weight excluding hydrogens is 272 g/mol. The maximum atomic E-state index is 4.71. The number of thiazole rings is 1. The molecule has 0 aliphatic heterocycles. The zero-order valence-electron chi connectivity index (χ0n) is 11.5. The molecule has 0 saturated heterocycles. The number of hydrogen-bond donors (Lipinski definition) is 1. The van der Waals surface area contributed by atoms with Gasteiger partial charge in [-0.05, 0) is 43.7 Å². The van der Waals surface area contributed by atoms with Gasteiger partial charge in [-0.15, -0.1) is 0 Å². The van der Waals surface area contributed by atoms with E-state index in [1.165, 1.54) is 35.9 Å². The van der Waals surface area contributed by atoms with E-state index in [0.717, 1.165) is 15.9 Å². The van der Waals surface area contributed by atoms with Gasteiger partial charge in [0.25, 0.3) is 0 Å². The molecule has 1 aromatic heterocycles. The van der Waals surface area contributed by atoms with Crippen molar-refractivity contribution >= 4 is 38.4 Å². The number of nitrogens with one attached hydrogen (secondary N) is 1. The third-order valence-electron chi connectivity index (χ3n) is 3.86. The average molecular weight is 292 g/mol. The number of benzene rings is 1. The van der Waals surface area contributed by atoms with Crippen LogP contribution in [0.5, 0.6) is 0 Å². The molecule has 1 aromatic carbocycles. The molecule has 2 unspecified atom stereocenters. The van der Waals surface area contributed by atoms with Gasteiger partial charge in [0.05, 0.1) is 10.2 Å². The molecular formula is C15H20N2S2. The van der Waals surface area contributed by atoms with E-state index in [0.29, 0.717) is 6.04 Å². The predicted octanol–water partition coefficient (Wildman–Crippen LogP) is 4.69. The van der Waals surface area contributed by atoms with E-state index in [2.05, 4.69) is 36.7 Å². The van der Waals surface area contributed by atoms with Gasteiger partial charge in [-0.1, -0.05) is 30.2 Å². The van der Waals surface area contributed by atoms with Crippen molar-refractivity contribution in [1.82, 2.24) is 4.98 Å². The van der Waals surface area contributed by atoms with Crippen LogP contribution in [-0.4, -0.2) is 22.5 Å². The number of fused-ring (bicyclic) bond motifs is 1. The lowest BCUT2D eigenvalue weighted by Crippen LogP contribution is -2.34. The van der Waals surface area contributed by atoms with Crippen LogP contribution < -0.4 is 5.32 Å². The molecule has 0 radical (unpaired) electrons. The Bertz CT molecular complexity index is 564. The van der Waals surface area contributed by atoms with Gasteiger partial charge in [-0.25, -0.2) is 4.98 Å². The van der Waals surface area contributed by atoms with Gasteiger partial charge in [-0.2, -0.15) is 11.8 Å². The standard InChI is InChI=1S/C15H20N2S2/c1-10-7-8-12-14(9-10)19-15(17-12)16-11-5-3-4-6-13(11)18-2/h7-9,11,13H,3-6H2,1-2H3,(H,16,17). The third-order valence-corrected chi connectivity index (χ3v) is 5.98. The van der Waals surface area contributed by atoms with Crippen LogP contribution in [0.3, 0.4) is 0 Å². The Morgan fingerprint density at radius 3 is 3.00 bits per heavy atom. The van der Waals surface area contributed by atoms with Crippen molar-refractivity contribution in [1.29, 1.82) is 0 Å². The summed E-state index contributed by atoms with van der Waals surface area (Å²) < 4.78 is 1.29. The number of aryl methyl sites for hydroxylation is 1.